The molecule has 5 aliphatic rings. The van der Waals surface area contributed by atoms with Crippen LogP contribution in [0.4, 0.5) is 0 Å². The molecule has 25 heavy (non-hydrogen) atoms. The molecule has 0 aromatic rings. The predicted octanol–water partition coefficient (Wildman–Crippen LogP) is 5.23. The number of carbonyl (C=O) groups excluding carboxylic acids is 1. The molecule has 1 aliphatic heterocycles. The third kappa shape index (κ3) is 2.04. The fraction of sp³-hybridized carbons (Fsp3) is 0.783. The Morgan fingerprint density at radius 3 is 2.88 bits per heavy atom. The van der Waals surface area contributed by atoms with Gasteiger partial charge in [-0.15, -0.1) is 0 Å². The molecule has 0 bridgehead atoms. The Morgan fingerprint density at radius 2 is 2.12 bits per heavy atom. The Balaban J connectivity index is 1.54. The fourth-order valence-corrected chi connectivity index (χ4v) is 8.01. The molecule has 0 saturated heterocycles. The standard InChI is InChI=1S/C23H32O2/c1-3-22-10-7-19-18-6-5-17(24)14-16(18)13-15(2)21(19)20(22)8-11-23(22)9-4-12-25-23/h4,9,15,19-21H,3,5-8,10-14H2,1-2H3/t15?,19?,20?,21?,22-,23-/m0/s1. The summed E-state index contributed by atoms with van der Waals surface area (Å²) in [5.74, 6) is 3.59. The van der Waals surface area contributed by atoms with Crippen molar-refractivity contribution < 1.29 is 9.53 Å². The number of allylic oxidation sites excluding steroid dienone is 2. The van der Waals surface area contributed by atoms with Crippen LogP contribution in [-0.2, 0) is 9.53 Å². The van der Waals surface area contributed by atoms with Gasteiger partial charge < -0.3 is 4.74 Å². The third-order valence-corrected chi connectivity index (χ3v) is 8.88. The van der Waals surface area contributed by atoms with E-state index in [1.807, 2.05) is 0 Å². The lowest BCUT2D eigenvalue weighted by atomic mass is 9.49. The zero-order valence-corrected chi connectivity index (χ0v) is 15.9. The van der Waals surface area contributed by atoms with Crippen LogP contribution in [0.5, 0.6) is 0 Å². The fourth-order valence-electron chi connectivity index (χ4n) is 8.01. The Bertz CT molecular complexity index is 659. The first-order valence-electron chi connectivity index (χ1n) is 10.6. The molecule has 4 unspecified atom stereocenters. The van der Waals surface area contributed by atoms with Gasteiger partial charge in [0.25, 0.3) is 0 Å². The second kappa shape index (κ2) is 5.55. The van der Waals surface area contributed by atoms with Gasteiger partial charge in [-0.3, -0.25) is 4.79 Å². The summed E-state index contributed by atoms with van der Waals surface area (Å²) in [5, 5.41) is 0. The Morgan fingerprint density at radius 1 is 1.24 bits per heavy atom. The highest BCUT2D eigenvalue weighted by atomic mass is 16.5. The van der Waals surface area contributed by atoms with Crippen LogP contribution in [0.25, 0.3) is 0 Å². The minimum Gasteiger partial charge on any atom is -0.366 e. The summed E-state index contributed by atoms with van der Waals surface area (Å²) in [5.41, 5.74) is 3.65. The Labute approximate surface area is 152 Å². The van der Waals surface area contributed by atoms with Crippen LogP contribution < -0.4 is 0 Å². The van der Waals surface area contributed by atoms with Gasteiger partial charge in [0.1, 0.15) is 5.78 Å². The van der Waals surface area contributed by atoms with E-state index in [9.17, 15) is 4.79 Å². The van der Waals surface area contributed by atoms with Crippen molar-refractivity contribution in [1.29, 1.82) is 0 Å². The molecule has 2 heteroatoms. The van der Waals surface area contributed by atoms with Crippen LogP contribution in [0.1, 0.15) is 71.6 Å². The molecule has 0 aromatic heterocycles. The maximum absolute atomic E-state index is 12.0. The Kier molecular flexibility index (Phi) is 3.62. The number of Topliss-reactive ketones (excluding diaryl/α,β-unsaturated/α-hetero) is 1. The van der Waals surface area contributed by atoms with E-state index >= 15 is 0 Å². The van der Waals surface area contributed by atoms with Crippen molar-refractivity contribution in [2.45, 2.75) is 77.2 Å². The van der Waals surface area contributed by atoms with Crippen molar-refractivity contribution >= 4 is 5.78 Å². The zero-order chi connectivity index (χ0) is 17.2. The van der Waals surface area contributed by atoms with Crippen LogP contribution in [0.3, 0.4) is 0 Å². The minimum atomic E-state index is 0.0360. The third-order valence-electron chi connectivity index (χ3n) is 8.88. The maximum atomic E-state index is 12.0. The number of hydrogen-bond donors (Lipinski definition) is 0. The van der Waals surface area contributed by atoms with E-state index in [1.165, 1.54) is 38.5 Å². The largest absolute Gasteiger partial charge is 0.366 e. The number of fused-ring (bicyclic) bond motifs is 5. The maximum Gasteiger partial charge on any atom is 0.137 e. The average molecular weight is 341 g/mol. The molecule has 1 heterocycles. The van der Waals surface area contributed by atoms with Crippen molar-refractivity contribution in [2.75, 3.05) is 6.61 Å². The number of rotatable bonds is 1. The van der Waals surface area contributed by atoms with Gasteiger partial charge in [-0.2, -0.15) is 0 Å². The van der Waals surface area contributed by atoms with Crippen molar-refractivity contribution in [3.8, 4) is 0 Å². The van der Waals surface area contributed by atoms with Gasteiger partial charge in [0.2, 0.25) is 0 Å². The van der Waals surface area contributed by atoms with Crippen molar-refractivity contribution in [3.63, 3.8) is 0 Å². The predicted molar refractivity (Wildman–Crippen MR) is 99.2 cm³/mol. The molecule has 0 amide bonds. The molecule has 2 saturated carbocycles. The van der Waals surface area contributed by atoms with Gasteiger partial charge in [0.15, 0.2) is 0 Å². The minimum absolute atomic E-state index is 0.0360. The summed E-state index contributed by atoms with van der Waals surface area (Å²) < 4.78 is 6.43. The molecule has 4 aliphatic carbocycles. The SMILES string of the molecule is CC[C@]12CCC3C4=C(CC(=O)CC4)CC(C)C3C1CC[C@@]21C=CCO1. The molecule has 6 atom stereocenters. The number of ether oxygens (including phenoxy) is 1. The zero-order valence-electron chi connectivity index (χ0n) is 15.9. The van der Waals surface area contributed by atoms with Crippen LogP contribution in [0.2, 0.25) is 0 Å². The number of hydrogen-bond acceptors (Lipinski definition) is 2. The molecule has 2 fully saturated rings. The highest BCUT2D eigenvalue weighted by Gasteiger charge is 2.64. The summed E-state index contributed by atoms with van der Waals surface area (Å²) in [6, 6.07) is 0. The Hall–Kier alpha value is -0.890. The van der Waals surface area contributed by atoms with E-state index in [0.29, 0.717) is 11.2 Å². The van der Waals surface area contributed by atoms with E-state index < -0.39 is 0 Å². The molecular formula is C23H32O2. The van der Waals surface area contributed by atoms with E-state index in [4.69, 9.17) is 4.74 Å². The van der Waals surface area contributed by atoms with E-state index in [2.05, 4.69) is 26.0 Å². The molecular weight excluding hydrogens is 308 g/mol. The van der Waals surface area contributed by atoms with Crippen molar-refractivity contribution in [1.82, 2.24) is 0 Å². The molecule has 0 aromatic carbocycles. The average Bonchev–Trinajstić information content (AvgIpc) is 3.21. The first-order chi connectivity index (χ1) is 12.1. The van der Waals surface area contributed by atoms with Crippen molar-refractivity contribution in [2.24, 2.45) is 29.1 Å². The molecule has 1 spiro atoms. The first-order valence-corrected chi connectivity index (χ1v) is 10.6. The smallest absolute Gasteiger partial charge is 0.137 e. The number of ketones is 1. The second-order valence-electron chi connectivity index (χ2n) is 9.51. The van der Waals surface area contributed by atoms with Crippen LogP contribution >= 0.6 is 0 Å². The van der Waals surface area contributed by atoms with Crippen molar-refractivity contribution in [3.05, 3.63) is 23.3 Å². The normalized spacial score (nSPS) is 48.6. The summed E-state index contributed by atoms with van der Waals surface area (Å²) >= 11 is 0. The first kappa shape index (κ1) is 16.3. The summed E-state index contributed by atoms with van der Waals surface area (Å²) in [6.07, 6.45) is 15.0. The second-order valence-corrected chi connectivity index (χ2v) is 9.51. The lowest BCUT2D eigenvalue weighted by Crippen LogP contribution is -2.53. The van der Waals surface area contributed by atoms with Gasteiger partial charge in [-0.25, -0.2) is 0 Å². The van der Waals surface area contributed by atoms with Gasteiger partial charge >= 0.3 is 0 Å². The number of carbonyl (C=O) groups is 1. The quantitative estimate of drug-likeness (QED) is 0.611. The summed E-state index contributed by atoms with van der Waals surface area (Å²) in [6.45, 7) is 5.70. The van der Waals surface area contributed by atoms with E-state index in [0.717, 1.165) is 49.5 Å². The summed E-state index contributed by atoms with van der Waals surface area (Å²) in [7, 11) is 0. The monoisotopic (exact) mass is 340 g/mol. The van der Waals surface area contributed by atoms with Gasteiger partial charge in [0, 0.05) is 18.3 Å². The lowest BCUT2D eigenvalue weighted by Gasteiger charge is -2.57. The topological polar surface area (TPSA) is 26.3 Å². The highest BCUT2D eigenvalue weighted by molar-refractivity contribution is 5.82. The van der Waals surface area contributed by atoms with Crippen LogP contribution in [0.15, 0.2) is 23.3 Å². The molecule has 136 valence electrons. The van der Waals surface area contributed by atoms with E-state index in [-0.39, 0.29) is 5.60 Å². The van der Waals surface area contributed by atoms with E-state index in [1.54, 1.807) is 11.1 Å². The summed E-state index contributed by atoms with van der Waals surface area (Å²) in [4.78, 5) is 12.0. The van der Waals surface area contributed by atoms with Gasteiger partial charge in [-0.05, 0) is 68.6 Å². The molecule has 0 N–H and O–H groups in total. The molecule has 2 nitrogen and oxygen atoms in total. The van der Waals surface area contributed by atoms with Gasteiger partial charge in [0.05, 0.1) is 12.2 Å². The highest BCUT2D eigenvalue weighted by Crippen LogP contribution is 2.68. The lowest BCUT2D eigenvalue weighted by molar-refractivity contribution is -0.122. The molecule has 0 radical (unpaired) electrons. The molecule has 5 rings (SSSR count). The van der Waals surface area contributed by atoms with Crippen LogP contribution in [-0.4, -0.2) is 18.0 Å². The van der Waals surface area contributed by atoms with Gasteiger partial charge in [-0.1, -0.05) is 37.1 Å². The van der Waals surface area contributed by atoms with Crippen LogP contribution in [0, 0.1) is 29.1 Å².